The summed E-state index contributed by atoms with van der Waals surface area (Å²) in [7, 11) is 0. The molecule has 0 fully saturated rings. The second kappa shape index (κ2) is 5.55. The van der Waals surface area contributed by atoms with Crippen LogP contribution >= 0.6 is 11.6 Å². The molecule has 0 saturated carbocycles. The van der Waals surface area contributed by atoms with Crippen LogP contribution in [0.2, 0.25) is 0 Å². The molecule has 1 aromatic heterocycles. The molecule has 0 atom stereocenters. The van der Waals surface area contributed by atoms with Crippen molar-refractivity contribution in [2.75, 3.05) is 5.88 Å². The summed E-state index contributed by atoms with van der Waals surface area (Å²) in [5.41, 5.74) is 2.75. The highest BCUT2D eigenvalue weighted by molar-refractivity contribution is 6.17. The van der Waals surface area contributed by atoms with Crippen LogP contribution < -0.4 is 0 Å². The van der Waals surface area contributed by atoms with E-state index in [1.54, 1.807) is 30.3 Å². The third-order valence-electron chi connectivity index (χ3n) is 3.24. The van der Waals surface area contributed by atoms with Crippen LogP contribution in [0, 0.1) is 17.1 Å². The molecule has 0 saturated heterocycles. The summed E-state index contributed by atoms with van der Waals surface area (Å²) >= 11 is 5.83. The molecule has 21 heavy (non-hydrogen) atoms. The van der Waals surface area contributed by atoms with Crippen LogP contribution in [0.15, 0.2) is 42.5 Å². The molecule has 0 bridgehead atoms. The van der Waals surface area contributed by atoms with Crippen LogP contribution in [0.4, 0.5) is 4.39 Å². The molecule has 104 valence electrons. The predicted octanol–water partition coefficient (Wildman–Crippen LogP) is 3.82. The van der Waals surface area contributed by atoms with Crippen LogP contribution in [0.1, 0.15) is 11.4 Å². The van der Waals surface area contributed by atoms with Crippen molar-refractivity contribution in [3.8, 4) is 11.8 Å². The largest absolute Gasteiger partial charge is 0.296 e. The number of hydrogen-bond acceptors (Lipinski definition) is 2. The first-order valence-corrected chi connectivity index (χ1v) is 7.00. The van der Waals surface area contributed by atoms with Gasteiger partial charge < -0.3 is 0 Å². The van der Waals surface area contributed by atoms with Gasteiger partial charge in [0.15, 0.2) is 0 Å². The smallest absolute Gasteiger partial charge is 0.125 e. The number of imidazole rings is 1. The minimum Gasteiger partial charge on any atom is -0.296 e. The summed E-state index contributed by atoms with van der Waals surface area (Å²) < 4.78 is 15.4. The first kappa shape index (κ1) is 13.6. The first-order chi connectivity index (χ1) is 10.2. The zero-order valence-electron chi connectivity index (χ0n) is 11.1. The van der Waals surface area contributed by atoms with E-state index in [2.05, 4.69) is 11.1 Å². The number of aromatic nitrogens is 2. The Bertz CT molecular complexity index is 848. The minimum atomic E-state index is -0.317. The molecular formula is C16H11ClFN3. The van der Waals surface area contributed by atoms with E-state index in [1.807, 2.05) is 4.57 Å². The highest BCUT2D eigenvalue weighted by atomic mass is 35.5. The molecule has 0 spiro atoms. The Morgan fingerprint density at radius 3 is 2.81 bits per heavy atom. The molecule has 0 aliphatic carbocycles. The molecule has 0 N–H and O–H groups in total. The zero-order chi connectivity index (χ0) is 14.8. The van der Waals surface area contributed by atoms with E-state index >= 15 is 0 Å². The van der Waals surface area contributed by atoms with E-state index in [1.165, 1.54) is 12.1 Å². The standard InChI is InChI=1S/C16H11ClFN3/c17-7-6-16-20-14-5-4-11(10-19)8-15(14)21(16)13-3-1-2-12(18)9-13/h1-5,8-9H,6-7H2. The third-order valence-corrected chi connectivity index (χ3v) is 3.43. The van der Waals surface area contributed by atoms with Gasteiger partial charge in [0.25, 0.3) is 0 Å². The van der Waals surface area contributed by atoms with Crippen LogP contribution in [0.25, 0.3) is 16.7 Å². The van der Waals surface area contributed by atoms with E-state index in [0.717, 1.165) is 16.9 Å². The summed E-state index contributed by atoms with van der Waals surface area (Å²) in [6, 6.07) is 13.7. The molecule has 0 unspecified atom stereocenters. The number of alkyl halides is 1. The quantitative estimate of drug-likeness (QED) is 0.690. The third kappa shape index (κ3) is 2.48. The Balaban J connectivity index is 2.31. The Kier molecular flexibility index (Phi) is 3.59. The fourth-order valence-electron chi connectivity index (χ4n) is 2.35. The van der Waals surface area contributed by atoms with Gasteiger partial charge in [0.1, 0.15) is 11.6 Å². The maximum Gasteiger partial charge on any atom is 0.125 e. The Morgan fingerprint density at radius 1 is 1.24 bits per heavy atom. The van der Waals surface area contributed by atoms with Crippen molar-refractivity contribution in [2.24, 2.45) is 0 Å². The average Bonchev–Trinajstić information content (AvgIpc) is 2.84. The van der Waals surface area contributed by atoms with Gasteiger partial charge in [0.2, 0.25) is 0 Å². The van der Waals surface area contributed by atoms with E-state index in [4.69, 9.17) is 16.9 Å². The Labute approximate surface area is 126 Å². The van der Waals surface area contributed by atoms with Crippen molar-refractivity contribution in [3.63, 3.8) is 0 Å². The van der Waals surface area contributed by atoms with Gasteiger partial charge in [-0.3, -0.25) is 4.57 Å². The number of nitrogens with zero attached hydrogens (tertiary/aromatic N) is 3. The van der Waals surface area contributed by atoms with Gasteiger partial charge in [0.05, 0.1) is 28.4 Å². The number of aryl methyl sites for hydroxylation is 1. The second-order valence-corrected chi connectivity index (χ2v) is 4.98. The van der Waals surface area contributed by atoms with E-state index in [-0.39, 0.29) is 5.82 Å². The molecule has 0 aliphatic heterocycles. The summed E-state index contributed by atoms with van der Waals surface area (Å²) in [6.07, 6.45) is 0.564. The topological polar surface area (TPSA) is 41.6 Å². The van der Waals surface area contributed by atoms with Crippen LogP contribution in [0.5, 0.6) is 0 Å². The van der Waals surface area contributed by atoms with Crippen molar-refractivity contribution in [1.82, 2.24) is 9.55 Å². The highest BCUT2D eigenvalue weighted by Crippen LogP contribution is 2.23. The van der Waals surface area contributed by atoms with Crippen LogP contribution in [-0.4, -0.2) is 15.4 Å². The zero-order valence-corrected chi connectivity index (χ0v) is 11.8. The maximum atomic E-state index is 13.5. The fraction of sp³-hybridized carbons (Fsp3) is 0.125. The summed E-state index contributed by atoms with van der Waals surface area (Å²) in [4.78, 5) is 4.53. The van der Waals surface area contributed by atoms with Crippen molar-refractivity contribution < 1.29 is 4.39 Å². The molecule has 1 heterocycles. The second-order valence-electron chi connectivity index (χ2n) is 4.60. The summed E-state index contributed by atoms with van der Waals surface area (Å²) in [6.45, 7) is 0. The predicted molar refractivity (Wildman–Crippen MR) is 80.2 cm³/mol. The molecule has 0 aliphatic rings. The van der Waals surface area contributed by atoms with E-state index in [9.17, 15) is 4.39 Å². The molecular weight excluding hydrogens is 289 g/mol. The molecule has 3 rings (SSSR count). The van der Waals surface area contributed by atoms with E-state index in [0.29, 0.717) is 23.6 Å². The molecule has 0 radical (unpaired) electrons. The molecule has 2 aromatic carbocycles. The highest BCUT2D eigenvalue weighted by Gasteiger charge is 2.13. The molecule has 5 heteroatoms. The summed E-state index contributed by atoms with van der Waals surface area (Å²) in [5.74, 6) is 0.854. The van der Waals surface area contributed by atoms with Gasteiger partial charge in [-0.2, -0.15) is 5.26 Å². The molecule has 0 amide bonds. The van der Waals surface area contributed by atoms with Crippen LogP contribution in [-0.2, 0) is 6.42 Å². The molecule has 3 nitrogen and oxygen atoms in total. The Morgan fingerprint density at radius 2 is 2.10 bits per heavy atom. The number of fused-ring (bicyclic) bond motifs is 1. The summed E-state index contributed by atoms with van der Waals surface area (Å²) in [5, 5.41) is 9.05. The number of benzene rings is 2. The number of nitriles is 1. The van der Waals surface area contributed by atoms with Gasteiger partial charge in [-0.05, 0) is 36.4 Å². The van der Waals surface area contributed by atoms with Gasteiger partial charge in [-0.15, -0.1) is 11.6 Å². The van der Waals surface area contributed by atoms with Gasteiger partial charge in [-0.25, -0.2) is 9.37 Å². The fourth-order valence-corrected chi connectivity index (χ4v) is 2.52. The van der Waals surface area contributed by atoms with Crippen molar-refractivity contribution in [2.45, 2.75) is 6.42 Å². The lowest BCUT2D eigenvalue weighted by Crippen LogP contribution is -2.02. The Hall–Kier alpha value is -2.38. The van der Waals surface area contributed by atoms with Gasteiger partial charge in [-0.1, -0.05) is 6.07 Å². The van der Waals surface area contributed by atoms with E-state index < -0.39 is 0 Å². The minimum absolute atomic E-state index is 0.317. The van der Waals surface area contributed by atoms with Crippen molar-refractivity contribution >= 4 is 22.6 Å². The van der Waals surface area contributed by atoms with Gasteiger partial charge in [0, 0.05) is 12.3 Å². The lowest BCUT2D eigenvalue weighted by atomic mass is 10.2. The normalized spacial score (nSPS) is 10.7. The van der Waals surface area contributed by atoms with Crippen molar-refractivity contribution in [3.05, 3.63) is 59.7 Å². The lowest BCUT2D eigenvalue weighted by Gasteiger charge is -2.08. The molecule has 3 aromatic rings. The number of hydrogen-bond donors (Lipinski definition) is 0. The van der Waals surface area contributed by atoms with Gasteiger partial charge >= 0.3 is 0 Å². The van der Waals surface area contributed by atoms with Crippen molar-refractivity contribution in [1.29, 1.82) is 5.26 Å². The van der Waals surface area contributed by atoms with Crippen LogP contribution in [0.3, 0.4) is 0 Å². The first-order valence-electron chi connectivity index (χ1n) is 6.46. The average molecular weight is 300 g/mol. The number of rotatable bonds is 3. The lowest BCUT2D eigenvalue weighted by molar-refractivity contribution is 0.626. The SMILES string of the molecule is N#Cc1ccc2nc(CCCl)n(-c3cccc(F)c3)c2c1. The maximum absolute atomic E-state index is 13.5. The number of halogens is 2. The monoisotopic (exact) mass is 299 g/mol.